The number of hydrogen-bond donors (Lipinski definition) is 1. The van der Waals surface area contributed by atoms with E-state index >= 15 is 0 Å². The van der Waals surface area contributed by atoms with Crippen LogP contribution in [0.3, 0.4) is 0 Å². The predicted molar refractivity (Wildman–Crippen MR) is 56.3 cm³/mol. The molecule has 1 atom stereocenters. The maximum absolute atomic E-state index is 10.0. The van der Waals surface area contributed by atoms with Gasteiger partial charge in [-0.3, -0.25) is 0 Å². The Labute approximate surface area is 89.9 Å². The summed E-state index contributed by atoms with van der Waals surface area (Å²) in [5.41, 5.74) is 0. The van der Waals surface area contributed by atoms with Gasteiger partial charge >= 0.3 is 0 Å². The van der Waals surface area contributed by atoms with Crippen molar-refractivity contribution in [3.8, 4) is 0 Å². The van der Waals surface area contributed by atoms with Gasteiger partial charge in [-0.05, 0) is 25.2 Å². The van der Waals surface area contributed by atoms with Crippen LogP contribution in [0.25, 0.3) is 0 Å². The summed E-state index contributed by atoms with van der Waals surface area (Å²) >= 11 is 0. The van der Waals surface area contributed by atoms with Crippen molar-refractivity contribution in [3.05, 3.63) is 18.2 Å². The molecule has 4 heteroatoms. The number of nitrogens with zero attached hydrogens (tertiary/aromatic N) is 2. The van der Waals surface area contributed by atoms with Crippen molar-refractivity contribution in [3.63, 3.8) is 0 Å². The Hall–Kier alpha value is -0.870. The molecule has 1 unspecified atom stereocenters. The van der Waals surface area contributed by atoms with Crippen molar-refractivity contribution in [1.82, 2.24) is 9.55 Å². The van der Waals surface area contributed by atoms with Gasteiger partial charge in [0.2, 0.25) is 0 Å². The fourth-order valence-corrected chi connectivity index (χ4v) is 2.10. The van der Waals surface area contributed by atoms with E-state index in [-0.39, 0.29) is 0 Å². The molecule has 1 aromatic heterocycles. The van der Waals surface area contributed by atoms with Crippen LogP contribution in [0.5, 0.6) is 0 Å². The van der Waals surface area contributed by atoms with Gasteiger partial charge in [0.25, 0.3) is 0 Å². The summed E-state index contributed by atoms with van der Waals surface area (Å²) in [7, 11) is 1.91. The fraction of sp³-hybridized carbons (Fsp3) is 0.727. The molecule has 0 saturated carbocycles. The van der Waals surface area contributed by atoms with Gasteiger partial charge in [0.1, 0.15) is 11.9 Å². The van der Waals surface area contributed by atoms with Crippen LogP contribution in [-0.2, 0) is 11.8 Å². The highest BCUT2D eigenvalue weighted by Crippen LogP contribution is 2.26. The molecule has 2 rings (SSSR count). The number of aryl methyl sites for hydroxylation is 1. The van der Waals surface area contributed by atoms with Crippen molar-refractivity contribution in [2.24, 2.45) is 13.0 Å². The van der Waals surface area contributed by atoms with Gasteiger partial charge in [0.05, 0.1) is 0 Å². The smallest absolute Gasteiger partial charge is 0.137 e. The molecule has 0 aliphatic carbocycles. The maximum atomic E-state index is 10.0. The van der Waals surface area contributed by atoms with Gasteiger partial charge in [-0.2, -0.15) is 0 Å². The second-order valence-corrected chi connectivity index (χ2v) is 4.20. The summed E-state index contributed by atoms with van der Waals surface area (Å²) in [5.74, 6) is 1.34. The molecule has 4 nitrogen and oxygen atoms in total. The first kappa shape index (κ1) is 10.6. The number of rotatable bonds is 3. The minimum atomic E-state index is -0.437. The van der Waals surface area contributed by atoms with Crippen LogP contribution < -0.4 is 0 Å². The molecule has 0 bridgehead atoms. The number of ether oxygens (including phenoxy) is 1. The van der Waals surface area contributed by atoms with E-state index in [4.69, 9.17) is 4.74 Å². The summed E-state index contributed by atoms with van der Waals surface area (Å²) in [4.78, 5) is 4.16. The summed E-state index contributed by atoms with van der Waals surface area (Å²) in [6, 6.07) is 0. The summed E-state index contributed by atoms with van der Waals surface area (Å²) in [6.45, 7) is 1.66. The van der Waals surface area contributed by atoms with E-state index in [1.807, 2.05) is 17.8 Å². The Morgan fingerprint density at radius 3 is 2.93 bits per heavy atom. The Morgan fingerprint density at radius 2 is 2.33 bits per heavy atom. The van der Waals surface area contributed by atoms with E-state index in [9.17, 15) is 5.11 Å². The lowest BCUT2D eigenvalue weighted by atomic mass is 9.93. The zero-order chi connectivity index (χ0) is 10.7. The van der Waals surface area contributed by atoms with E-state index in [1.165, 1.54) is 0 Å². The number of imidazole rings is 1. The lowest BCUT2D eigenvalue weighted by Gasteiger charge is -2.24. The third kappa shape index (κ3) is 2.58. The van der Waals surface area contributed by atoms with Gasteiger partial charge in [-0.1, -0.05) is 0 Å². The minimum absolute atomic E-state index is 0.437. The third-order valence-electron chi connectivity index (χ3n) is 3.05. The lowest BCUT2D eigenvalue weighted by Crippen LogP contribution is -2.19. The molecule has 0 spiro atoms. The average molecular weight is 210 g/mol. The standard InChI is InChI=1S/C11H18N2O2/c1-13-5-4-12-11(13)10(14)8-9-2-6-15-7-3-9/h4-5,9-10,14H,2-3,6-8H2,1H3. The second-order valence-electron chi connectivity index (χ2n) is 4.20. The van der Waals surface area contributed by atoms with Crippen LogP contribution in [0.4, 0.5) is 0 Å². The molecule has 1 aliphatic heterocycles. The van der Waals surface area contributed by atoms with E-state index in [0.717, 1.165) is 38.3 Å². The average Bonchev–Trinajstić information content (AvgIpc) is 2.66. The van der Waals surface area contributed by atoms with Crippen LogP contribution in [0, 0.1) is 5.92 Å². The summed E-state index contributed by atoms with van der Waals surface area (Å²) in [5, 5.41) is 10.0. The molecule has 1 N–H and O–H groups in total. The minimum Gasteiger partial charge on any atom is -0.385 e. The first-order chi connectivity index (χ1) is 7.27. The normalized spacial score (nSPS) is 20.4. The first-order valence-electron chi connectivity index (χ1n) is 5.50. The number of aliphatic hydroxyl groups excluding tert-OH is 1. The first-order valence-corrected chi connectivity index (χ1v) is 5.50. The highest BCUT2D eigenvalue weighted by atomic mass is 16.5. The Kier molecular flexibility index (Phi) is 3.38. The molecular formula is C11H18N2O2. The van der Waals surface area contributed by atoms with Crippen LogP contribution >= 0.6 is 0 Å². The SMILES string of the molecule is Cn1ccnc1C(O)CC1CCOCC1. The summed E-state index contributed by atoms with van der Waals surface area (Å²) < 4.78 is 7.17. The van der Waals surface area contributed by atoms with E-state index in [1.54, 1.807) is 6.20 Å². The highest BCUT2D eigenvalue weighted by Gasteiger charge is 2.20. The maximum Gasteiger partial charge on any atom is 0.137 e. The van der Waals surface area contributed by atoms with Crippen molar-refractivity contribution in [1.29, 1.82) is 0 Å². The molecular weight excluding hydrogens is 192 g/mol. The van der Waals surface area contributed by atoms with Crippen LogP contribution in [-0.4, -0.2) is 27.9 Å². The Morgan fingerprint density at radius 1 is 1.60 bits per heavy atom. The highest BCUT2D eigenvalue weighted by molar-refractivity contribution is 4.95. The predicted octanol–water partition coefficient (Wildman–Crippen LogP) is 1.27. The molecule has 1 saturated heterocycles. The Balaban J connectivity index is 1.91. The lowest BCUT2D eigenvalue weighted by molar-refractivity contribution is 0.0412. The van der Waals surface area contributed by atoms with E-state index < -0.39 is 6.10 Å². The molecule has 2 heterocycles. The topological polar surface area (TPSA) is 47.3 Å². The van der Waals surface area contributed by atoms with Gasteiger partial charge in [0.15, 0.2) is 0 Å². The zero-order valence-electron chi connectivity index (χ0n) is 9.09. The quantitative estimate of drug-likeness (QED) is 0.817. The van der Waals surface area contributed by atoms with Crippen molar-refractivity contribution in [2.45, 2.75) is 25.4 Å². The molecule has 0 amide bonds. The number of aliphatic hydroxyl groups is 1. The fourth-order valence-electron chi connectivity index (χ4n) is 2.10. The second kappa shape index (κ2) is 4.77. The van der Waals surface area contributed by atoms with Gasteiger partial charge in [-0.15, -0.1) is 0 Å². The molecule has 84 valence electrons. The van der Waals surface area contributed by atoms with Crippen molar-refractivity contribution >= 4 is 0 Å². The van der Waals surface area contributed by atoms with Gasteiger partial charge in [-0.25, -0.2) is 4.98 Å². The monoisotopic (exact) mass is 210 g/mol. The van der Waals surface area contributed by atoms with Crippen LogP contribution in [0.15, 0.2) is 12.4 Å². The van der Waals surface area contributed by atoms with Crippen molar-refractivity contribution in [2.75, 3.05) is 13.2 Å². The van der Waals surface area contributed by atoms with Gasteiger partial charge < -0.3 is 14.4 Å². The largest absolute Gasteiger partial charge is 0.385 e. The van der Waals surface area contributed by atoms with E-state index in [2.05, 4.69) is 4.98 Å². The zero-order valence-corrected chi connectivity index (χ0v) is 9.09. The molecule has 1 fully saturated rings. The van der Waals surface area contributed by atoms with Crippen molar-refractivity contribution < 1.29 is 9.84 Å². The molecule has 15 heavy (non-hydrogen) atoms. The van der Waals surface area contributed by atoms with Gasteiger partial charge in [0, 0.05) is 32.7 Å². The molecule has 1 aromatic rings. The van der Waals surface area contributed by atoms with E-state index in [0.29, 0.717) is 5.92 Å². The molecule has 1 aliphatic rings. The number of aromatic nitrogens is 2. The summed E-state index contributed by atoms with van der Waals surface area (Å²) in [6.07, 6.45) is 6.07. The van der Waals surface area contributed by atoms with Crippen LogP contribution in [0.2, 0.25) is 0 Å². The number of hydrogen-bond acceptors (Lipinski definition) is 3. The third-order valence-corrected chi connectivity index (χ3v) is 3.05. The molecule has 0 radical (unpaired) electrons. The van der Waals surface area contributed by atoms with Crippen LogP contribution in [0.1, 0.15) is 31.2 Å². The molecule has 0 aromatic carbocycles. The Bertz CT molecular complexity index is 305.